The lowest BCUT2D eigenvalue weighted by molar-refractivity contribution is 0.130. The molecule has 1 aromatic heterocycles. The molecule has 1 aliphatic heterocycles. The maximum Gasteiger partial charge on any atom is 0.223 e. The van der Waals surface area contributed by atoms with Crippen LogP contribution in [0.5, 0.6) is 5.75 Å². The van der Waals surface area contributed by atoms with Crippen molar-refractivity contribution in [1.82, 2.24) is 9.47 Å². The fourth-order valence-electron chi connectivity index (χ4n) is 3.59. The van der Waals surface area contributed by atoms with Crippen molar-refractivity contribution < 1.29 is 5.11 Å². The lowest BCUT2D eigenvalue weighted by Gasteiger charge is -2.36. The molecule has 0 bridgehead atoms. The summed E-state index contributed by atoms with van der Waals surface area (Å²) < 4.78 is 2.10. The summed E-state index contributed by atoms with van der Waals surface area (Å²) in [6.07, 6.45) is 4.83. The molecule has 1 atom stereocenters. The highest BCUT2D eigenvalue weighted by atomic mass is 16.3. The molecule has 1 aromatic rings. The molecular formula is C17H28N2O2. The van der Waals surface area contributed by atoms with Gasteiger partial charge in [0.05, 0.1) is 5.69 Å². The van der Waals surface area contributed by atoms with E-state index in [1.807, 2.05) is 6.92 Å². The van der Waals surface area contributed by atoms with E-state index < -0.39 is 0 Å². The fraction of sp³-hybridized carbons (Fsp3) is 0.706. The van der Waals surface area contributed by atoms with Gasteiger partial charge >= 0.3 is 0 Å². The lowest BCUT2D eigenvalue weighted by atomic mass is 9.99. The van der Waals surface area contributed by atoms with Gasteiger partial charge in [0.1, 0.15) is 0 Å². The largest absolute Gasteiger partial charge is 0.503 e. The zero-order valence-corrected chi connectivity index (χ0v) is 13.7. The molecule has 0 saturated carbocycles. The summed E-state index contributed by atoms with van der Waals surface area (Å²) in [5.74, 6) is -0.0743. The van der Waals surface area contributed by atoms with Crippen LogP contribution in [0.1, 0.15) is 63.9 Å². The summed E-state index contributed by atoms with van der Waals surface area (Å²) in [4.78, 5) is 14.4. The third kappa shape index (κ3) is 3.31. The highest BCUT2D eigenvalue weighted by molar-refractivity contribution is 5.30. The van der Waals surface area contributed by atoms with E-state index in [-0.39, 0.29) is 17.2 Å². The molecule has 1 unspecified atom stereocenters. The van der Waals surface area contributed by atoms with Crippen molar-refractivity contribution in [3.63, 3.8) is 0 Å². The summed E-state index contributed by atoms with van der Waals surface area (Å²) in [5.41, 5.74) is 1.44. The first-order valence-corrected chi connectivity index (χ1v) is 8.13. The van der Waals surface area contributed by atoms with Gasteiger partial charge in [0, 0.05) is 30.4 Å². The molecule has 2 rings (SSSR count). The van der Waals surface area contributed by atoms with Crippen LogP contribution in [0, 0.1) is 6.92 Å². The Morgan fingerprint density at radius 1 is 1.38 bits per heavy atom. The lowest BCUT2D eigenvalue weighted by Crippen LogP contribution is -2.39. The monoisotopic (exact) mass is 292 g/mol. The predicted octanol–water partition coefficient (Wildman–Crippen LogP) is 3.21. The first-order valence-electron chi connectivity index (χ1n) is 8.13. The molecule has 2 heterocycles. The van der Waals surface area contributed by atoms with E-state index in [0.717, 1.165) is 24.4 Å². The van der Waals surface area contributed by atoms with Crippen molar-refractivity contribution >= 4 is 0 Å². The number of pyridine rings is 1. The minimum atomic E-state index is -0.260. The Bertz CT molecular complexity index is 548. The average Bonchev–Trinajstić information content (AvgIpc) is 2.44. The Kier molecular flexibility index (Phi) is 5.09. The molecule has 0 spiro atoms. The van der Waals surface area contributed by atoms with Gasteiger partial charge in [0.15, 0.2) is 5.75 Å². The molecule has 21 heavy (non-hydrogen) atoms. The van der Waals surface area contributed by atoms with Crippen LogP contribution < -0.4 is 5.43 Å². The predicted molar refractivity (Wildman–Crippen MR) is 85.8 cm³/mol. The summed E-state index contributed by atoms with van der Waals surface area (Å²) in [5, 5.41) is 10.3. The summed E-state index contributed by atoms with van der Waals surface area (Å²) in [6, 6.07) is 2.33. The minimum Gasteiger partial charge on any atom is -0.503 e. The van der Waals surface area contributed by atoms with Gasteiger partial charge in [-0.3, -0.25) is 9.69 Å². The van der Waals surface area contributed by atoms with Crippen molar-refractivity contribution in [3.05, 3.63) is 27.7 Å². The second-order valence-corrected chi connectivity index (χ2v) is 6.44. The minimum absolute atomic E-state index is 0.0743. The molecule has 0 amide bonds. The quantitative estimate of drug-likeness (QED) is 0.927. The van der Waals surface area contributed by atoms with E-state index in [1.54, 1.807) is 0 Å². The average molecular weight is 292 g/mol. The van der Waals surface area contributed by atoms with Crippen molar-refractivity contribution in [2.75, 3.05) is 6.54 Å². The third-order valence-corrected chi connectivity index (χ3v) is 4.61. The molecule has 4 heteroatoms. The van der Waals surface area contributed by atoms with Gasteiger partial charge in [0.2, 0.25) is 5.43 Å². The van der Waals surface area contributed by atoms with Gasteiger partial charge in [-0.15, -0.1) is 0 Å². The second-order valence-electron chi connectivity index (χ2n) is 6.44. The van der Waals surface area contributed by atoms with Crippen LogP contribution in [-0.4, -0.2) is 27.2 Å². The number of hydrogen-bond donors (Lipinski definition) is 1. The second kappa shape index (κ2) is 6.65. The van der Waals surface area contributed by atoms with E-state index in [9.17, 15) is 9.90 Å². The van der Waals surface area contributed by atoms with Gasteiger partial charge in [-0.1, -0.05) is 13.3 Å². The fourth-order valence-corrected chi connectivity index (χ4v) is 3.59. The van der Waals surface area contributed by atoms with Gasteiger partial charge in [-0.25, -0.2) is 0 Å². The maximum atomic E-state index is 11.9. The van der Waals surface area contributed by atoms with Crippen molar-refractivity contribution in [2.24, 2.45) is 0 Å². The van der Waals surface area contributed by atoms with Gasteiger partial charge in [0.25, 0.3) is 0 Å². The van der Waals surface area contributed by atoms with E-state index >= 15 is 0 Å². The molecule has 0 radical (unpaired) electrons. The number of nitrogens with zero attached hydrogens (tertiary/aromatic N) is 2. The summed E-state index contributed by atoms with van der Waals surface area (Å²) >= 11 is 0. The number of piperidine rings is 1. The standard InChI is InChI=1S/C17H28N2O2/c1-5-14-8-6-7-9-18(14)11-15-17(21)16(20)10-13(4)19(15)12(2)3/h10,12,14,21H,5-9,11H2,1-4H3. The zero-order chi connectivity index (χ0) is 15.6. The molecule has 0 aromatic carbocycles. The first kappa shape index (κ1) is 16.1. The number of hydrogen-bond acceptors (Lipinski definition) is 3. The maximum absolute atomic E-state index is 11.9. The van der Waals surface area contributed by atoms with Crippen molar-refractivity contribution in [1.29, 1.82) is 0 Å². The van der Waals surface area contributed by atoms with Gasteiger partial charge < -0.3 is 9.67 Å². The molecular weight excluding hydrogens is 264 g/mol. The molecule has 1 aliphatic rings. The molecule has 1 saturated heterocycles. The highest BCUT2D eigenvalue weighted by Gasteiger charge is 2.24. The Balaban J connectivity index is 2.40. The Morgan fingerprint density at radius 3 is 2.71 bits per heavy atom. The van der Waals surface area contributed by atoms with Gasteiger partial charge in [-0.05, 0) is 46.6 Å². The molecule has 1 fully saturated rings. The summed E-state index contributed by atoms with van der Waals surface area (Å²) in [6.45, 7) is 10.1. The number of aryl methyl sites for hydroxylation is 1. The Labute approximate surface area is 127 Å². The van der Waals surface area contributed by atoms with Gasteiger partial charge in [-0.2, -0.15) is 0 Å². The van der Waals surface area contributed by atoms with Crippen LogP contribution in [-0.2, 0) is 6.54 Å². The number of aromatic hydroxyl groups is 1. The topological polar surface area (TPSA) is 45.5 Å². The highest BCUT2D eigenvalue weighted by Crippen LogP contribution is 2.26. The number of likely N-dealkylation sites (tertiary alicyclic amines) is 1. The number of rotatable bonds is 4. The number of aromatic nitrogens is 1. The summed E-state index contributed by atoms with van der Waals surface area (Å²) in [7, 11) is 0. The SMILES string of the molecule is CCC1CCCCN1Cc1c(O)c(=O)cc(C)n1C(C)C. The van der Waals surface area contributed by atoms with Crippen LogP contribution in [0.15, 0.2) is 10.9 Å². The zero-order valence-electron chi connectivity index (χ0n) is 13.7. The van der Waals surface area contributed by atoms with Crippen LogP contribution in [0.2, 0.25) is 0 Å². The molecule has 1 N–H and O–H groups in total. The smallest absolute Gasteiger partial charge is 0.223 e. The van der Waals surface area contributed by atoms with E-state index in [1.165, 1.54) is 25.3 Å². The van der Waals surface area contributed by atoms with Crippen LogP contribution >= 0.6 is 0 Å². The molecule has 118 valence electrons. The third-order valence-electron chi connectivity index (χ3n) is 4.61. The van der Waals surface area contributed by atoms with Crippen LogP contribution in [0.25, 0.3) is 0 Å². The molecule has 0 aliphatic carbocycles. The van der Waals surface area contributed by atoms with E-state index in [0.29, 0.717) is 12.6 Å². The Hall–Kier alpha value is -1.29. The normalized spacial score (nSPS) is 20.1. The van der Waals surface area contributed by atoms with Crippen LogP contribution in [0.3, 0.4) is 0 Å². The van der Waals surface area contributed by atoms with E-state index in [2.05, 4.69) is 30.2 Å². The van der Waals surface area contributed by atoms with E-state index in [4.69, 9.17) is 0 Å². The van der Waals surface area contributed by atoms with Crippen LogP contribution in [0.4, 0.5) is 0 Å². The first-order chi connectivity index (χ1) is 9.95. The Morgan fingerprint density at radius 2 is 2.10 bits per heavy atom. The molecule has 4 nitrogen and oxygen atoms in total. The van der Waals surface area contributed by atoms with Crippen molar-refractivity contribution in [3.8, 4) is 5.75 Å². The van der Waals surface area contributed by atoms with Crippen molar-refractivity contribution in [2.45, 2.75) is 72.0 Å².